The lowest BCUT2D eigenvalue weighted by molar-refractivity contribution is 0.553. The molecular formula is C12H17I2N5. The molecule has 0 fully saturated rings. The molecule has 0 aliphatic carbocycles. The van der Waals surface area contributed by atoms with Crippen LogP contribution in [0.15, 0.2) is 6.07 Å². The Bertz CT molecular complexity index is 586. The summed E-state index contributed by atoms with van der Waals surface area (Å²) in [5.74, 6) is 1.56. The molecule has 5 nitrogen and oxygen atoms in total. The molecule has 7 heteroatoms. The van der Waals surface area contributed by atoms with Gasteiger partial charge in [0.15, 0.2) is 11.6 Å². The van der Waals surface area contributed by atoms with Gasteiger partial charge < -0.3 is 0 Å². The van der Waals surface area contributed by atoms with E-state index in [1.165, 1.54) is 0 Å². The van der Waals surface area contributed by atoms with E-state index in [4.69, 9.17) is 0 Å². The molecule has 1 N–H and O–H groups in total. The van der Waals surface area contributed by atoms with Crippen LogP contribution in [0.5, 0.6) is 0 Å². The lowest BCUT2D eigenvalue weighted by Gasteiger charge is -2.13. The molecule has 0 saturated heterocycles. The first-order valence-electron chi connectivity index (χ1n) is 5.94. The van der Waals surface area contributed by atoms with Crippen LogP contribution in [-0.2, 0) is 13.9 Å². The van der Waals surface area contributed by atoms with Crippen molar-refractivity contribution >= 4 is 45.2 Å². The van der Waals surface area contributed by atoms with Crippen LogP contribution < -0.4 is 0 Å². The standard InChI is InChI=1S/C12H17I2N5/c1-11(2,3)8-6-7(19(5)18-8)9-15-10(17-16-9)12(4,13)14/h6H,1-5H3,(H,15,16,17). The number of aryl methyl sites for hydroxylation is 1. The number of aromatic amines is 1. The Labute approximate surface area is 140 Å². The Morgan fingerprint density at radius 1 is 1.21 bits per heavy atom. The van der Waals surface area contributed by atoms with Crippen molar-refractivity contribution in [2.45, 2.75) is 34.5 Å². The van der Waals surface area contributed by atoms with Gasteiger partial charge in [0.25, 0.3) is 0 Å². The molecular weight excluding hydrogens is 468 g/mol. The summed E-state index contributed by atoms with van der Waals surface area (Å²) in [6.07, 6.45) is 0. The summed E-state index contributed by atoms with van der Waals surface area (Å²) in [7, 11) is 1.92. The summed E-state index contributed by atoms with van der Waals surface area (Å²) < 4.78 is 1.75. The van der Waals surface area contributed by atoms with Gasteiger partial charge in [0, 0.05) is 12.5 Å². The molecule has 104 valence electrons. The second-order valence-corrected chi connectivity index (χ2v) is 12.1. The highest BCUT2D eigenvalue weighted by Crippen LogP contribution is 2.37. The molecule has 19 heavy (non-hydrogen) atoms. The lowest BCUT2D eigenvalue weighted by Crippen LogP contribution is -2.12. The van der Waals surface area contributed by atoms with Crippen LogP contribution in [0.4, 0.5) is 0 Å². The number of aromatic nitrogens is 5. The van der Waals surface area contributed by atoms with Gasteiger partial charge >= 0.3 is 0 Å². The number of nitrogens with zero attached hydrogens (tertiary/aromatic N) is 4. The molecule has 2 aromatic rings. The predicted molar refractivity (Wildman–Crippen MR) is 92.7 cm³/mol. The van der Waals surface area contributed by atoms with E-state index in [1.54, 1.807) is 0 Å². The highest BCUT2D eigenvalue weighted by Gasteiger charge is 2.25. The van der Waals surface area contributed by atoms with Gasteiger partial charge in [0.05, 0.1) is 5.69 Å². The maximum absolute atomic E-state index is 4.57. The molecule has 0 radical (unpaired) electrons. The summed E-state index contributed by atoms with van der Waals surface area (Å²) in [5, 5.41) is 11.9. The summed E-state index contributed by atoms with van der Waals surface area (Å²) in [6, 6.07) is 2.06. The van der Waals surface area contributed by atoms with Crippen molar-refractivity contribution in [1.29, 1.82) is 0 Å². The van der Waals surface area contributed by atoms with Crippen molar-refractivity contribution in [3.05, 3.63) is 17.6 Å². The maximum Gasteiger partial charge on any atom is 0.199 e. The quantitative estimate of drug-likeness (QED) is 0.524. The minimum Gasteiger partial charge on any atom is -0.264 e. The number of rotatable bonds is 2. The van der Waals surface area contributed by atoms with E-state index in [-0.39, 0.29) is 6.84 Å². The molecule has 0 aromatic carbocycles. The average molecular weight is 485 g/mol. The molecule has 0 atom stereocenters. The Kier molecular flexibility index (Phi) is 3.98. The van der Waals surface area contributed by atoms with Gasteiger partial charge in [0.2, 0.25) is 0 Å². The normalized spacial score (nSPS) is 13.0. The van der Waals surface area contributed by atoms with Crippen molar-refractivity contribution in [2.75, 3.05) is 0 Å². The second-order valence-electron chi connectivity index (χ2n) is 5.68. The summed E-state index contributed by atoms with van der Waals surface area (Å²) in [4.78, 5) is 4.57. The van der Waals surface area contributed by atoms with Crippen LogP contribution in [-0.4, -0.2) is 25.0 Å². The first-order chi connectivity index (χ1) is 8.59. The fourth-order valence-corrected chi connectivity index (χ4v) is 2.10. The minimum absolute atomic E-state index is 0.0240. The zero-order chi connectivity index (χ0) is 14.4. The first kappa shape index (κ1) is 15.2. The van der Waals surface area contributed by atoms with Gasteiger partial charge in [-0.1, -0.05) is 66.0 Å². The zero-order valence-electron chi connectivity index (χ0n) is 11.6. The van der Waals surface area contributed by atoms with E-state index in [0.717, 1.165) is 17.2 Å². The highest BCUT2D eigenvalue weighted by atomic mass is 127. The van der Waals surface area contributed by atoms with Crippen molar-refractivity contribution < 1.29 is 0 Å². The van der Waals surface area contributed by atoms with Gasteiger partial charge in [-0.15, -0.1) is 0 Å². The van der Waals surface area contributed by atoms with E-state index in [9.17, 15) is 0 Å². The molecule has 0 spiro atoms. The molecule has 0 amide bonds. The van der Waals surface area contributed by atoms with Crippen LogP contribution >= 0.6 is 45.2 Å². The monoisotopic (exact) mass is 485 g/mol. The fraction of sp³-hybridized carbons (Fsp3) is 0.583. The van der Waals surface area contributed by atoms with E-state index in [0.29, 0.717) is 5.82 Å². The molecule has 2 heterocycles. The number of alkyl halides is 2. The third-order valence-corrected chi connectivity index (χ3v) is 3.80. The number of hydrogen-bond acceptors (Lipinski definition) is 3. The van der Waals surface area contributed by atoms with Gasteiger partial charge in [-0.05, 0) is 13.0 Å². The number of nitrogens with one attached hydrogen (secondary N) is 1. The SMILES string of the molecule is Cn1nc(C(C)(C)C)cc1-c1n[nH]c(C(C)(I)I)n1. The summed E-state index contributed by atoms with van der Waals surface area (Å²) in [5.41, 5.74) is 2.00. The minimum atomic E-state index is -0.0911. The van der Waals surface area contributed by atoms with Crippen molar-refractivity contribution in [2.24, 2.45) is 7.05 Å². The van der Waals surface area contributed by atoms with Crippen molar-refractivity contribution in [1.82, 2.24) is 25.0 Å². The Balaban J connectivity index is 2.43. The molecule has 2 rings (SSSR count). The van der Waals surface area contributed by atoms with Crippen LogP contribution in [0.1, 0.15) is 39.2 Å². The Morgan fingerprint density at radius 2 is 1.84 bits per heavy atom. The fourth-order valence-electron chi connectivity index (χ4n) is 1.62. The molecule has 0 aliphatic rings. The summed E-state index contributed by atoms with van der Waals surface area (Å²) >= 11 is 4.66. The summed E-state index contributed by atoms with van der Waals surface area (Å²) in [6.45, 7) is 8.53. The average Bonchev–Trinajstić information content (AvgIpc) is 2.80. The smallest absolute Gasteiger partial charge is 0.199 e. The van der Waals surface area contributed by atoms with Crippen LogP contribution in [0.2, 0.25) is 0 Å². The number of H-pyrrole nitrogens is 1. The topological polar surface area (TPSA) is 59.4 Å². The number of halogens is 2. The van der Waals surface area contributed by atoms with Gasteiger partial charge in [-0.2, -0.15) is 10.2 Å². The van der Waals surface area contributed by atoms with Gasteiger partial charge in [0.1, 0.15) is 7.12 Å². The molecule has 0 saturated carbocycles. The second kappa shape index (κ2) is 4.97. The van der Waals surface area contributed by atoms with Crippen molar-refractivity contribution in [3.8, 4) is 11.5 Å². The largest absolute Gasteiger partial charge is 0.264 e. The number of hydrogen-bond donors (Lipinski definition) is 1. The van der Waals surface area contributed by atoms with Crippen LogP contribution in [0, 0.1) is 0 Å². The maximum atomic E-state index is 4.57. The molecule has 0 bridgehead atoms. The van der Waals surface area contributed by atoms with Gasteiger partial charge in [-0.3, -0.25) is 9.78 Å². The van der Waals surface area contributed by atoms with Crippen molar-refractivity contribution in [3.63, 3.8) is 0 Å². The van der Waals surface area contributed by atoms with Crippen LogP contribution in [0.25, 0.3) is 11.5 Å². The lowest BCUT2D eigenvalue weighted by atomic mass is 9.92. The van der Waals surface area contributed by atoms with Crippen LogP contribution in [0.3, 0.4) is 0 Å². The van der Waals surface area contributed by atoms with E-state index in [1.807, 2.05) is 11.7 Å². The third-order valence-electron chi connectivity index (χ3n) is 2.78. The van der Waals surface area contributed by atoms with Gasteiger partial charge in [-0.25, -0.2) is 4.98 Å². The van der Waals surface area contributed by atoms with E-state index in [2.05, 4.69) is 99.2 Å². The van der Waals surface area contributed by atoms with E-state index >= 15 is 0 Å². The Morgan fingerprint density at radius 3 is 2.26 bits per heavy atom. The first-order valence-corrected chi connectivity index (χ1v) is 8.10. The molecule has 0 aliphatic heterocycles. The molecule has 2 aromatic heterocycles. The predicted octanol–water partition coefficient (Wildman–Crippen LogP) is 3.55. The third kappa shape index (κ3) is 3.29. The molecule has 0 unspecified atom stereocenters. The Hall–Kier alpha value is -0.190. The highest BCUT2D eigenvalue weighted by molar-refractivity contribution is 14.2. The zero-order valence-corrected chi connectivity index (χ0v) is 15.9. The van der Waals surface area contributed by atoms with E-state index < -0.39 is 0 Å².